The number of pyridine rings is 1. The first kappa shape index (κ1) is 28.3. The highest BCUT2D eigenvalue weighted by molar-refractivity contribution is 7.62. The van der Waals surface area contributed by atoms with Crippen molar-refractivity contribution in [1.82, 2.24) is 14.5 Å². The molecule has 0 fully saturated rings. The van der Waals surface area contributed by atoms with Gasteiger partial charge in [0.1, 0.15) is 5.54 Å². The first-order valence-corrected chi connectivity index (χ1v) is 15.9. The summed E-state index contributed by atoms with van der Waals surface area (Å²) in [5.41, 5.74) is 12.8. The number of nitrogens with two attached hydrogens (primary N) is 1. The maximum atomic E-state index is 12.4. The van der Waals surface area contributed by atoms with E-state index in [1.807, 2.05) is 73.6 Å². The largest absolute Gasteiger partial charge is 0.336 e. The van der Waals surface area contributed by atoms with Crippen LogP contribution in [0.4, 0.5) is 0 Å². The zero-order chi connectivity index (χ0) is 28.2. The summed E-state index contributed by atoms with van der Waals surface area (Å²) < 4.78 is 12.8. The molecule has 3 N–H and O–H groups in total. The summed E-state index contributed by atoms with van der Waals surface area (Å²) in [5, 5.41) is 0.942. The highest BCUT2D eigenvalue weighted by Crippen LogP contribution is 2.37. The third-order valence-electron chi connectivity index (χ3n) is 6.87. The van der Waals surface area contributed by atoms with Crippen molar-refractivity contribution in [3.8, 4) is 11.1 Å². The number of aryl methyl sites for hydroxylation is 2. The standard InChI is InChI=1S/C27H24N4O.C5H13OP/c1-18-8-10-20(11-9-18)27(28,25-16-29-17-31(25)2)21-12-13-24-23(14-21)22(15-26(32)30-24)19-6-4-3-5-7-19;1-4-5-7(2,3)6/h3-17H,28H2,1-2H3,(H,30,32);4-5H2,1-3H3. The average Bonchev–Trinajstić information content (AvgIpc) is 3.34. The molecule has 0 spiro atoms. The topological polar surface area (TPSA) is 93.8 Å². The molecule has 39 heavy (non-hydrogen) atoms. The molecule has 0 radical (unpaired) electrons. The zero-order valence-electron chi connectivity index (χ0n) is 23.3. The molecular formula is C32H37N4O2P. The lowest BCUT2D eigenvalue weighted by atomic mass is 9.80. The van der Waals surface area contributed by atoms with Crippen LogP contribution in [-0.2, 0) is 17.2 Å². The van der Waals surface area contributed by atoms with Gasteiger partial charge in [0.05, 0.1) is 25.4 Å². The SMILES string of the molecule is CCCP(C)(C)=O.Cc1ccc(C(N)(c2ccc3[nH]c(=O)cc(-c4ccccc4)c3c2)c2cncn2C)cc1. The average molecular weight is 541 g/mol. The molecule has 2 heterocycles. The minimum atomic E-state index is -1.67. The Labute approximate surface area is 230 Å². The number of hydrogen-bond donors (Lipinski definition) is 2. The van der Waals surface area contributed by atoms with Gasteiger partial charge in [-0.25, -0.2) is 4.98 Å². The molecule has 0 aliphatic carbocycles. The number of H-pyrrole nitrogens is 1. The number of hydrogen-bond acceptors (Lipinski definition) is 4. The lowest BCUT2D eigenvalue weighted by molar-refractivity contribution is 0.581. The number of nitrogens with zero attached hydrogens (tertiary/aromatic N) is 2. The molecule has 0 amide bonds. The number of rotatable bonds is 6. The van der Waals surface area contributed by atoms with E-state index < -0.39 is 12.7 Å². The summed E-state index contributed by atoms with van der Waals surface area (Å²) in [6.07, 6.45) is 5.52. The summed E-state index contributed by atoms with van der Waals surface area (Å²) in [6.45, 7) is 7.78. The molecule has 1 atom stereocenters. The van der Waals surface area contributed by atoms with Gasteiger partial charge in [-0.1, -0.05) is 73.2 Å². The maximum Gasteiger partial charge on any atom is 0.249 e. The monoisotopic (exact) mass is 540 g/mol. The van der Waals surface area contributed by atoms with Crippen molar-refractivity contribution in [3.63, 3.8) is 0 Å². The fourth-order valence-electron chi connectivity index (χ4n) is 4.91. The number of aromatic nitrogens is 3. The number of imidazole rings is 1. The van der Waals surface area contributed by atoms with Gasteiger partial charge in [-0.2, -0.15) is 0 Å². The van der Waals surface area contributed by atoms with Gasteiger partial charge in [-0.05, 0) is 61.1 Å². The van der Waals surface area contributed by atoms with Crippen molar-refractivity contribution in [3.05, 3.63) is 124 Å². The molecule has 1 unspecified atom stereocenters. The van der Waals surface area contributed by atoms with Gasteiger partial charge < -0.3 is 19.8 Å². The van der Waals surface area contributed by atoms with Crippen molar-refractivity contribution in [2.45, 2.75) is 25.8 Å². The quantitative estimate of drug-likeness (QED) is 0.240. The van der Waals surface area contributed by atoms with Gasteiger partial charge in [0.15, 0.2) is 0 Å². The summed E-state index contributed by atoms with van der Waals surface area (Å²) in [5.74, 6) is 0. The second-order valence-corrected chi connectivity index (χ2v) is 14.1. The number of fused-ring (bicyclic) bond motifs is 1. The molecule has 7 heteroatoms. The van der Waals surface area contributed by atoms with Gasteiger partial charge in [0, 0.05) is 30.2 Å². The van der Waals surface area contributed by atoms with Gasteiger partial charge >= 0.3 is 0 Å². The highest BCUT2D eigenvalue weighted by Gasteiger charge is 2.35. The van der Waals surface area contributed by atoms with Crippen molar-refractivity contribution in [1.29, 1.82) is 0 Å². The van der Waals surface area contributed by atoms with Gasteiger partial charge in [0.2, 0.25) is 5.56 Å². The van der Waals surface area contributed by atoms with E-state index in [-0.39, 0.29) is 5.56 Å². The van der Waals surface area contributed by atoms with Crippen LogP contribution in [0, 0.1) is 6.92 Å². The molecule has 5 rings (SSSR count). The molecule has 2 aromatic heterocycles. The fraction of sp³-hybridized carbons (Fsp3) is 0.250. The zero-order valence-corrected chi connectivity index (χ0v) is 24.2. The molecule has 5 aromatic rings. The maximum absolute atomic E-state index is 12.4. The Balaban J connectivity index is 0.000000448. The Morgan fingerprint density at radius 1 is 0.974 bits per heavy atom. The van der Waals surface area contributed by atoms with E-state index in [0.717, 1.165) is 51.4 Å². The van der Waals surface area contributed by atoms with E-state index in [0.29, 0.717) is 0 Å². The molecule has 0 aliphatic heterocycles. The highest BCUT2D eigenvalue weighted by atomic mass is 31.2. The van der Waals surface area contributed by atoms with Crippen molar-refractivity contribution >= 4 is 18.0 Å². The van der Waals surface area contributed by atoms with Crippen LogP contribution >= 0.6 is 7.14 Å². The van der Waals surface area contributed by atoms with Crippen LogP contribution in [0.5, 0.6) is 0 Å². The lowest BCUT2D eigenvalue weighted by Gasteiger charge is -2.31. The van der Waals surface area contributed by atoms with Crippen molar-refractivity contribution in [2.24, 2.45) is 12.8 Å². The van der Waals surface area contributed by atoms with Crippen LogP contribution in [0.15, 0.2) is 96.2 Å². The van der Waals surface area contributed by atoms with E-state index in [2.05, 4.69) is 54.1 Å². The Morgan fingerprint density at radius 2 is 1.64 bits per heavy atom. The lowest BCUT2D eigenvalue weighted by Crippen LogP contribution is -2.41. The Hall–Kier alpha value is -3.73. The second-order valence-electron chi connectivity index (χ2n) is 10.5. The molecule has 0 aliphatic rings. The number of aromatic amines is 1. The molecule has 0 saturated carbocycles. The van der Waals surface area contributed by atoms with E-state index in [1.54, 1.807) is 12.4 Å². The Morgan fingerprint density at radius 3 is 2.21 bits per heavy atom. The second kappa shape index (κ2) is 11.6. The van der Waals surface area contributed by atoms with Crippen molar-refractivity contribution in [2.75, 3.05) is 19.5 Å². The Bertz CT molecular complexity index is 1670. The van der Waals surface area contributed by atoms with Gasteiger partial charge in [-0.15, -0.1) is 0 Å². The van der Waals surface area contributed by atoms with Crippen LogP contribution in [0.2, 0.25) is 0 Å². The normalized spacial score (nSPS) is 13.0. The predicted molar refractivity (Wildman–Crippen MR) is 163 cm³/mol. The summed E-state index contributed by atoms with van der Waals surface area (Å²) in [6, 6.07) is 25.9. The summed E-state index contributed by atoms with van der Waals surface area (Å²) in [7, 11) is 0.285. The molecule has 0 bridgehead atoms. The van der Waals surface area contributed by atoms with Crippen molar-refractivity contribution < 1.29 is 4.57 Å². The molecular weight excluding hydrogens is 503 g/mol. The number of benzene rings is 3. The smallest absolute Gasteiger partial charge is 0.249 e. The Kier molecular flexibility index (Phi) is 8.39. The van der Waals surface area contributed by atoms with Crippen LogP contribution in [0.25, 0.3) is 22.0 Å². The van der Waals surface area contributed by atoms with Crippen LogP contribution in [0.1, 0.15) is 35.7 Å². The minimum absolute atomic E-state index is 0.131. The van der Waals surface area contributed by atoms with Crippen LogP contribution in [0.3, 0.4) is 0 Å². The molecule has 3 aromatic carbocycles. The first-order chi connectivity index (χ1) is 18.5. The third kappa shape index (κ3) is 6.30. The van der Waals surface area contributed by atoms with E-state index in [9.17, 15) is 9.36 Å². The van der Waals surface area contributed by atoms with Gasteiger partial charge in [0.25, 0.3) is 0 Å². The fourth-order valence-corrected chi connectivity index (χ4v) is 5.99. The molecule has 6 nitrogen and oxygen atoms in total. The molecule has 202 valence electrons. The van der Waals surface area contributed by atoms with Gasteiger partial charge in [-0.3, -0.25) is 4.79 Å². The summed E-state index contributed by atoms with van der Waals surface area (Å²) in [4.78, 5) is 19.6. The third-order valence-corrected chi connectivity index (χ3v) is 8.40. The number of nitrogens with one attached hydrogen (secondary N) is 1. The predicted octanol–water partition coefficient (Wildman–Crippen LogP) is 6.51. The molecule has 0 saturated heterocycles. The van der Waals surface area contributed by atoms with E-state index in [1.165, 1.54) is 5.56 Å². The van der Waals surface area contributed by atoms with E-state index in [4.69, 9.17) is 5.73 Å². The minimum Gasteiger partial charge on any atom is -0.336 e. The van der Waals surface area contributed by atoms with Crippen LogP contribution < -0.4 is 11.3 Å². The van der Waals surface area contributed by atoms with E-state index >= 15 is 0 Å². The summed E-state index contributed by atoms with van der Waals surface area (Å²) >= 11 is 0. The first-order valence-electron chi connectivity index (χ1n) is 13.1. The van der Waals surface area contributed by atoms with Crippen LogP contribution in [-0.4, -0.2) is 34.0 Å².